The van der Waals surface area contributed by atoms with Crippen molar-refractivity contribution in [1.29, 1.82) is 0 Å². The molecule has 0 aromatic carbocycles. The molecular formula is C18H16F5N5OS. The Labute approximate surface area is 170 Å². The van der Waals surface area contributed by atoms with Crippen LogP contribution < -0.4 is 11.4 Å². The van der Waals surface area contributed by atoms with E-state index in [1.165, 1.54) is 22.0 Å². The summed E-state index contributed by atoms with van der Waals surface area (Å²) in [5.74, 6) is 0.110. The van der Waals surface area contributed by atoms with Crippen molar-refractivity contribution >= 4 is 11.3 Å². The summed E-state index contributed by atoms with van der Waals surface area (Å²) in [6, 6.07) is 3.99. The van der Waals surface area contributed by atoms with Crippen molar-refractivity contribution in [2.75, 3.05) is 6.54 Å². The summed E-state index contributed by atoms with van der Waals surface area (Å²) in [6.45, 7) is 1.48. The topological polar surface area (TPSA) is 89.6 Å². The third-order valence-corrected chi connectivity index (χ3v) is 5.65. The molecule has 3 rings (SSSR count). The Balaban J connectivity index is 1.88. The van der Waals surface area contributed by atoms with Crippen molar-refractivity contribution in [2.45, 2.75) is 26.1 Å². The number of alkyl halides is 3. The molecule has 3 aromatic rings. The average Bonchev–Trinajstić information content (AvgIpc) is 3.22. The maximum absolute atomic E-state index is 12.9. The van der Waals surface area contributed by atoms with E-state index in [-0.39, 0.29) is 30.9 Å². The Morgan fingerprint density at radius 3 is 2.60 bits per heavy atom. The molecule has 0 unspecified atom stereocenters. The molecule has 3 heterocycles. The number of hydrogen-bond donors (Lipinski definition) is 2. The Bertz CT molecular complexity index is 1120. The van der Waals surface area contributed by atoms with Crippen molar-refractivity contribution in [3.05, 3.63) is 68.5 Å². The number of pyridine rings is 1. The second kappa shape index (κ2) is 8.48. The summed E-state index contributed by atoms with van der Waals surface area (Å²) in [4.78, 5) is 16.9. The van der Waals surface area contributed by atoms with E-state index in [0.29, 0.717) is 10.4 Å². The van der Waals surface area contributed by atoms with Crippen LogP contribution in [0.2, 0.25) is 0 Å². The molecule has 0 amide bonds. The molecule has 0 atom stereocenters. The molecule has 0 saturated heterocycles. The third kappa shape index (κ3) is 4.65. The van der Waals surface area contributed by atoms with Crippen LogP contribution in [0.4, 0.5) is 22.0 Å². The summed E-state index contributed by atoms with van der Waals surface area (Å²) >= 11 is 1.27. The Morgan fingerprint density at radius 2 is 2.03 bits per heavy atom. The summed E-state index contributed by atoms with van der Waals surface area (Å²) in [6.07, 6.45) is -5.58. The minimum Gasteiger partial charge on any atom is -0.327 e. The van der Waals surface area contributed by atoms with Gasteiger partial charge in [-0.25, -0.2) is 9.89 Å². The largest absolute Gasteiger partial charge is 0.433 e. The van der Waals surface area contributed by atoms with Gasteiger partial charge in [-0.05, 0) is 30.7 Å². The van der Waals surface area contributed by atoms with Gasteiger partial charge in [0.15, 0.2) is 0 Å². The summed E-state index contributed by atoms with van der Waals surface area (Å²) in [7, 11) is 0. The van der Waals surface area contributed by atoms with Crippen molar-refractivity contribution in [1.82, 2.24) is 19.7 Å². The Hall–Kier alpha value is -2.86. The van der Waals surface area contributed by atoms with Crippen LogP contribution in [0.5, 0.6) is 0 Å². The van der Waals surface area contributed by atoms with Gasteiger partial charge >= 0.3 is 11.9 Å². The number of thiophene rings is 1. The molecule has 0 saturated carbocycles. The van der Waals surface area contributed by atoms with E-state index in [9.17, 15) is 26.7 Å². The molecule has 0 aliphatic rings. The first-order valence-electron chi connectivity index (χ1n) is 8.60. The quantitative estimate of drug-likeness (QED) is 0.566. The molecule has 0 bridgehead atoms. The molecule has 3 N–H and O–H groups in total. The predicted molar refractivity (Wildman–Crippen MR) is 101 cm³/mol. The molecule has 0 aliphatic carbocycles. The molecule has 0 spiro atoms. The van der Waals surface area contributed by atoms with Crippen LogP contribution in [-0.2, 0) is 19.1 Å². The van der Waals surface area contributed by atoms with Crippen LogP contribution in [0, 0.1) is 6.92 Å². The number of aromatic amines is 1. The number of hydrogen-bond acceptors (Lipinski definition) is 5. The molecule has 0 radical (unpaired) electrons. The van der Waals surface area contributed by atoms with Gasteiger partial charge < -0.3 is 5.73 Å². The SMILES string of the molecule is Cc1cc(-c2ccc(C(F)(F)F)nc2)sc1Cn1c(CC(CN)=C(F)F)n[nH]c1=O. The highest BCUT2D eigenvalue weighted by Crippen LogP contribution is 2.33. The highest BCUT2D eigenvalue weighted by Gasteiger charge is 2.32. The van der Waals surface area contributed by atoms with Gasteiger partial charge in [-0.1, -0.05) is 0 Å². The van der Waals surface area contributed by atoms with Crippen LogP contribution in [0.25, 0.3) is 10.4 Å². The lowest BCUT2D eigenvalue weighted by atomic mass is 10.2. The molecule has 6 nitrogen and oxygen atoms in total. The van der Waals surface area contributed by atoms with Crippen molar-refractivity contribution in [3.63, 3.8) is 0 Å². The second-order valence-corrected chi connectivity index (χ2v) is 7.56. The van der Waals surface area contributed by atoms with Gasteiger partial charge in [0.25, 0.3) is 6.08 Å². The molecule has 0 aliphatic heterocycles. The van der Waals surface area contributed by atoms with Crippen molar-refractivity contribution in [2.24, 2.45) is 5.73 Å². The van der Waals surface area contributed by atoms with E-state index < -0.39 is 23.6 Å². The van der Waals surface area contributed by atoms with Crippen molar-refractivity contribution in [3.8, 4) is 10.4 Å². The summed E-state index contributed by atoms with van der Waals surface area (Å²) in [5.41, 5.74) is 4.73. The van der Waals surface area contributed by atoms with Gasteiger partial charge in [-0.15, -0.1) is 11.3 Å². The third-order valence-electron chi connectivity index (χ3n) is 4.38. The van der Waals surface area contributed by atoms with Gasteiger partial charge in [0.2, 0.25) is 0 Å². The number of H-pyrrole nitrogens is 1. The van der Waals surface area contributed by atoms with E-state index in [1.54, 1.807) is 13.0 Å². The zero-order valence-electron chi connectivity index (χ0n) is 15.6. The number of nitrogens with two attached hydrogens (primary N) is 1. The number of halogens is 5. The number of aromatic nitrogens is 4. The maximum atomic E-state index is 12.9. The van der Waals surface area contributed by atoms with Crippen LogP contribution in [-0.4, -0.2) is 26.3 Å². The molecular weight excluding hydrogens is 429 g/mol. The lowest BCUT2D eigenvalue weighted by Gasteiger charge is -2.07. The van der Waals surface area contributed by atoms with Gasteiger partial charge in [0.1, 0.15) is 11.5 Å². The smallest absolute Gasteiger partial charge is 0.327 e. The molecule has 160 valence electrons. The molecule has 12 heteroatoms. The lowest BCUT2D eigenvalue weighted by Crippen LogP contribution is -2.20. The van der Waals surface area contributed by atoms with Crippen LogP contribution in [0.15, 0.2) is 40.8 Å². The minimum absolute atomic E-state index is 0.0704. The zero-order chi connectivity index (χ0) is 22.1. The zero-order valence-corrected chi connectivity index (χ0v) is 16.4. The fourth-order valence-corrected chi connectivity index (χ4v) is 3.88. The van der Waals surface area contributed by atoms with E-state index in [0.717, 1.165) is 22.7 Å². The second-order valence-electron chi connectivity index (χ2n) is 6.42. The van der Waals surface area contributed by atoms with Gasteiger partial charge in [-0.2, -0.15) is 27.1 Å². The van der Waals surface area contributed by atoms with E-state index in [2.05, 4.69) is 15.2 Å². The minimum atomic E-state index is -4.52. The monoisotopic (exact) mass is 445 g/mol. The Morgan fingerprint density at radius 1 is 1.30 bits per heavy atom. The van der Waals surface area contributed by atoms with Crippen LogP contribution in [0.3, 0.4) is 0 Å². The summed E-state index contributed by atoms with van der Waals surface area (Å²) in [5, 5.41) is 6.04. The normalized spacial score (nSPS) is 11.7. The molecule has 3 aromatic heterocycles. The van der Waals surface area contributed by atoms with Gasteiger partial charge in [0, 0.05) is 40.1 Å². The molecule has 30 heavy (non-hydrogen) atoms. The number of aryl methyl sites for hydroxylation is 1. The lowest BCUT2D eigenvalue weighted by molar-refractivity contribution is -0.141. The summed E-state index contributed by atoms with van der Waals surface area (Å²) < 4.78 is 65.1. The first-order chi connectivity index (χ1) is 14.1. The predicted octanol–water partition coefficient (Wildman–Crippen LogP) is 3.72. The first kappa shape index (κ1) is 21.8. The van der Waals surface area contributed by atoms with Crippen LogP contribution >= 0.6 is 11.3 Å². The first-order valence-corrected chi connectivity index (χ1v) is 9.42. The van der Waals surface area contributed by atoms with Crippen molar-refractivity contribution < 1.29 is 22.0 Å². The number of nitrogens with zero attached hydrogens (tertiary/aromatic N) is 3. The number of nitrogens with one attached hydrogen (secondary N) is 1. The number of rotatable bonds is 6. The fraction of sp³-hybridized carbons (Fsp3) is 0.278. The standard InChI is InChI=1S/C18H16F5N5OS/c1-9-4-12(10-2-3-14(25-7-10)18(21,22)23)30-13(9)8-28-15(26-27-17(28)29)5-11(6-24)16(19)20/h2-4,7H,5-6,8,24H2,1H3,(H,27,29). The van der Waals surface area contributed by atoms with Crippen LogP contribution in [0.1, 0.15) is 22.0 Å². The maximum Gasteiger partial charge on any atom is 0.433 e. The van der Waals surface area contributed by atoms with E-state index in [1.807, 2.05) is 0 Å². The van der Waals surface area contributed by atoms with E-state index >= 15 is 0 Å². The highest BCUT2D eigenvalue weighted by molar-refractivity contribution is 7.15. The molecule has 0 fully saturated rings. The fourth-order valence-electron chi connectivity index (χ4n) is 2.73. The van der Waals surface area contributed by atoms with Gasteiger partial charge in [-0.3, -0.25) is 9.55 Å². The van der Waals surface area contributed by atoms with Gasteiger partial charge in [0.05, 0.1) is 6.54 Å². The van der Waals surface area contributed by atoms with E-state index in [4.69, 9.17) is 5.73 Å². The average molecular weight is 445 g/mol. The highest BCUT2D eigenvalue weighted by atomic mass is 32.1. The Kier molecular flexibility index (Phi) is 6.17.